The van der Waals surface area contributed by atoms with Crippen LogP contribution in [0.25, 0.3) is 11.4 Å². The van der Waals surface area contributed by atoms with Crippen molar-refractivity contribution in [2.45, 2.75) is 18.4 Å². The first-order valence-electron chi connectivity index (χ1n) is 5.82. The molecule has 3 heterocycles. The second kappa shape index (κ2) is 5.94. The molecule has 0 bridgehead atoms. The smallest absolute Gasteiger partial charge is 0.239 e. The van der Waals surface area contributed by atoms with Crippen molar-refractivity contribution in [2.24, 2.45) is 0 Å². The lowest BCUT2D eigenvalue weighted by Crippen LogP contribution is -2.00. The Morgan fingerprint density at radius 2 is 2.20 bits per heavy atom. The van der Waals surface area contributed by atoms with Gasteiger partial charge < -0.3 is 4.52 Å². The van der Waals surface area contributed by atoms with Crippen LogP contribution in [0.2, 0.25) is 0 Å². The minimum Gasteiger partial charge on any atom is -0.338 e. The third kappa shape index (κ3) is 3.20. The molecule has 0 aliphatic rings. The lowest BCUT2D eigenvalue weighted by Gasteiger charge is -1.95. The van der Waals surface area contributed by atoms with E-state index in [1.54, 1.807) is 22.7 Å². The van der Waals surface area contributed by atoms with E-state index in [0.29, 0.717) is 17.5 Å². The predicted octanol–water partition coefficient (Wildman–Crippen LogP) is 3.01. The molecule has 20 heavy (non-hydrogen) atoms. The van der Waals surface area contributed by atoms with Crippen LogP contribution in [0.4, 0.5) is 0 Å². The maximum absolute atomic E-state index is 12.0. The summed E-state index contributed by atoms with van der Waals surface area (Å²) in [5, 5.41) is 10.7. The van der Waals surface area contributed by atoms with Gasteiger partial charge in [0.15, 0.2) is 0 Å². The van der Waals surface area contributed by atoms with E-state index in [0.717, 1.165) is 16.3 Å². The Labute approximate surface area is 126 Å². The summed E-state index contributed by atoms with van der Waals surface area (Å²) >= 11 is 3.13. The van der Waals surface area contributed by atoms with Crippen LogP contribution in [0.1, 0.15) is 16.6 Å². The summed E-state index contributed by atoms with van der Waals surface area (Å²) in [5.41, 5.74) is 1.77. The van der Waals surface area contributed by atoms with E-state index in [-0.39, 0.29) is 5.75 Å². The summed E-state index contributed by atoms with van der Waals surface area (Å²) in [4.78, 5) is 8.56. The second-order valence-corrected chi connectivity index (χ2v) is 7.41. The minimum absolute atomic E-state index is 0.258. The van der Waals surface area contributed by atoms with Crippen molar-refractivity contribution >= 4 is 33.5 Å². The molecule has 1 unspecified atom stereocenters. The van der Waals surface area contributed by atoms with E-state index in [2.05, 4.69) is 15.1 Å². The molecule has 0 saturated heterocycles. The van der Waals surface area contributed by atoms with E-state index in [1.165, 1.54) is 0 Å². The molecular formula is C12H11N3O2S3. The number of thiophene rings is 1. The molecule has 8 heteroatoms. The Hall–Kier alpha value is -1.38. The number of thiazole rings is 1. The van der Waals surface area contributed by atoms with Crippen LogP contribution in [0.3, 0.4) is 0 Å². The van der Waals surface area contributed by atoms with Gasteiger partial charge in [0.25, 0.3) is 0 Å². The number of hydrogen-bond donors (Lipinski definition) is 0. The maximum atomic E-state index is 12.0. The standard InChI is InChI=1S/C12H11N3O2S3/c1-8-13-10(5-19-8)6-20(16)7-11-14-12(15-17-11)9-2-3-18-4-9/h2-5H,6-7H2,1H3. The van der Waals surface area contributed by atoms with Crippen LogP contribution in [0, 0.1) is 6.92 Å². The number of rotatable bonds is 5. The third-order valence-corrected chi connectivity index (χ3v) is 5.20. The summed E-state index contributed by atoms with van der Waals surface area (Å²) < 4.78 is 17.2. The van der Waals surface area contributed by atoms with Gasteiger partial charge in [0.05, 0.1) is 16.5 Å². The Balaban J connectivity index is 1.64. The van der Waals surface area contributed by atoms with Gasteiger partial charge in [-0.15, -0.1) is 11.3 Å². The molecular weight excluding hydrogens is 314 g/mol. The Morgan fingerprint density at radius 1 is 1.30 bits per heavy atom. The van der Waals surface area contributed by atoms with Crippen molar-refractivity contribution in [3.63, 3.8) is 0 Å². The number of aryl methyl sites for hydroxylation is 1. The van der Waals surface area contributed by atoms with Crippen LogP contribution in [0.5, 0.6) is 0 Å². The maximum Gasteiger partial charge on any atom is 0.239 e. The summed E-state index contributed by atoms with van der Waals surface area (Å²) in [7, 11) is -1.09. The van der Waals surface area contributed by atoms with Crippen molar-refractivity contribution in [1.82, 2.24) is 15.1 Å². The van der Waals surface area contributed by atoms with Gasteiger partial charge in [-0.3, -0.25) is 4.21 Å². The van der Waals surface area contributed by atoms with Gasteiger partial charge in [-0.2, -0.15) is 16.3 Å². The molecule has 0 fully saturated rings. The largest absolute Gasteiger partial charge is 0.338 e. The van der Waals surface area contributed by atoms with E-state index < -0.39 is 10.8 Å². The number of nitrogens with zero attached hydrogens (tertiary/aromatic N) is 3. The van der Waals surface area contributed by atoms with Gasteiger partial charge in [-0.1, -0.05) is 5.16 Å². The molecule has 0 amide bonds. The summed E-state index contributed by atoms with van der Waals surface area (Å²) in [6.07, 6.45) is 0. The fraction of sp³-hybridized carbons (Fsp3) is 0.250. The van der Waals surface area contributed by atoms with Crippen molar-refractivity contribution in [3.05, 3.63) is 38.8 Å². The highest BCUT2D eigenvalue weighted by Crippen LogP contribution is 2.19. The molecule has 104 valence electrons. The van der Waals surface area contributed by atoms with Gasteiger partial charge >= 0.3 is 0 Å². The van der Waals surface area contributed by atoms with Gasteiger partial charge in [-0.25, -0.2) is 4.98 Å². The molecule has 0 spiro atoms. The molecule has 0 radical (unpaired) electrons. The van der Waals surface area contributed by atoms with Gasteiger partial charge in [-0.05, 0) is 18.4 Å². The van der Waals surface area contributed by atoms with Crippen molar-refractivity contribution in [1.29, 1.82) is 0 Å². The molecule has 0 N–H and O–H groups in total. The zero-order valence-corrected chi connectivity index (χ0v) is 13.1. The molecule has 3 aromatic rings. The molecule has 0 aromatic carbocycles. The highest BCUT2D eigenvalue weighted by molar-refractivity contribution is 7.83. The minimum atomic E-state index is -1.09. The zero-order chi connectivity index (χ0) is 13.9. The highest BCUT2D eigenvalue weighted by atomic mass is 32.2. The molecule has 5 nitrogen and oxygen atoms in total. The average molecular weight is 325 g/mol. The van der Waals surface area contributed by atoms with Crippen LogP contribution in [-0.2, 0) is 22.3 Å². The highest BCUT2D eigenvalue weighted by Gasteiger charge is 2.13. The normalized spacial score (nSPS) is 12.7. The van der Waals surface area contributed by atoms with E-state index >= 15 is 0 Å². The summed E-state index contributed by atoms with van der Waals surface area (Å²) in [6.45, 7) is 1.93. The number of hydrogen-bond acceptors (Lipinski definition) is 7. The predicted molar refractivity (Wildman–Crippen MR) is 80.0 cm³/mol. The van der Waals surface area contributed by atoms with Crippen LogP contribution in [0.15, 0.2) is 26.7 Å². The lowest BCUT2D eigenvalue weighted by molar-refractivity contribution is 0.390. The number of aromatic nitrogens is 3. The zero-order valence-electron chi connectivity index (χ0n) is 10.6. The third-order valence-electron chi connectivity index (χ3n) is 2.51. The van der Waals surface area contributed by atoms with E-state index in [9.17, 15) is 4.21 Å². The Morgan fingerprint density at radius 3 is 2.90 bits per heavy atom. The van der Waals surface area contributed by atoms with Gasteiger partial charge in [0.2, 0.25) is 11.7 Å². The molecule has 1 atom stereocenters. The lowest BCUT2D eigenvalue weighted by atomic mass is 10.3. The molecule has 3 rings (SSSR count). The first-order chi connectivity index (χ1) is 9.70. The van der Waals surface area contributed by atoms with Crippen LogP contribution < -0.4 is 0 Å². The average Bonchev–Trinajstić information content (AvgIpc) is 3.10. The SMILES string of the molecule is Cc1nc(CS(=O)Cc2nc(-c3ccsc3)no2)cs1. The van der Waals surface area contributed by atoms with E-state index in [1.807, 2.05) is 29.1 Å². The first-order valence-corrected chi connectivity index (χ1v) is 9.13. The van der Waals surface area contributed by atoms with Crippen molar-refractivity contribution in [3.8, 4) is 11.4 Å². The summed E-state index contributed by atoms with van der Waals surface area (Å²) in [5.74, 6) is 1.62. The van der Waals surface area contributed by atoms with Gasteiger partial charge in [0, 0.05) is 27.1 Å². The van der Waals surface area contributed by atoms with Gasteiger partial charge in [0.1, 0.15) is 5.75 Å². The topological polar surface area (TPSA) is 68.9 Å². The van der Waals surface area contributed by atoms with Crippen LogP contribution in [-0.4, -0.2) is 19.3 Å². The quantitative estimate of drug-likeness (QED) is 0.721. The van der Waals surface area contributed by atoms with Crippen molar-refractivity contribution in [2.75, 3.05) is 0 Å². The summed E-state index contributed by atoms with van der Waals surface area (Å²) in [6, 6.07) is 1.92. The molecule has 0 aliphatic carbocycles. The molecule has 0 aliphatic heterocycles. The monoisotopic (exact) mass is 325 g/mol. The molecule has 3 aromatic heterocycles. The Kier molecular flexibility index (Phi) is 4.04. The molecule has 0 saturated carbocycles. The first kappa shape index (κ1) is 13.6. The Bertz CT molecular complexity index is 718. The van der Waals surface area contributed by atoms with Crippen molar-refractivity contribution < 1.29 is 8.73 Å². The second-order valence-electron chi connectivity index (χ2n) is 4.11. The fourth-order valence-corrected chi connectivity index (χ4v) is 3.98. The van der Waals surface area contributed by atoms with E-state index in [4.69, 9.17) is 4.52 Å². The fourth-order valence-electron chi connectivity index (χ4n) is 1.65. The van der Waals surface area contributed by atoms with Crippen LogP contribution >= 0.6 is 22.7 Å².